The second-order valence-electron chi connectivity index (χ2n) is 5.67. The number of carboxylic acid groups (broad SMARTS) is 1. The Balaban J connectivity index is 1.72. The van der Waals surface area contributed by atoms with Crippen LogP contribution < -0.4 is 0 Å². The molecule has 2 fully saturated rings. The Morgan fingerprint density at radius 2 is 1.84 bits per heavy atom. The van der Waals surface area contributed by atoms with E-state index < -0.39 is 12.0 Å². The van der Waals surface area contributed by atoms with Gasteiger partial charge in [-0.1, -0.05) is 30.3 Å². The van der Waals surface area contributed by atoms with Gasteiger partial charge in [0.15, 0.2) is 0 Å². The van der Waals surface area contributed by atoms with Crippen molar-refractivity contribution >= 4 is 5.97 Å². The standard InChI is InChI=1S/C15H19NO3/c17-14(18)13(12-4-2-1-3-5-12)16-10-15(11-16)6-8-19-9-7-15/h1-5,13H,6-11H2,(H,17,18). The number of rotatable bonds is 3. The summed E-state index contributed by atoms with van der Waals surface area (Å²) in [4.78, 5) is 13.6. The smallest absolute Gasteiger partial charge is 0.325 e. The van der Waals surface area contributed by atoms with Crippen molar-refractivity contribution in [2.24, 2.45) is 5.41 Å². The van der Waals surface area contributed by atoms with Gasteiger partial charge in [0.1, 0.15) is 6.04 Å². The number of benzene rings is 1. The van der Waals surface area contributed by atoms with Crippen molar-refractivity contribution < 1.29 is 14.6 Å². The molecule has 0 radical (unpaired) electrons. The fourth-order valence-electron chi connectivity index (χ4n) is 3.26. The number of carboxylic acids is 1. The van der Waals surface area contributed by atoms with Crippen LogP contribution >= 0.6 is 0 Å². The van der Waals surface area contributed by atoms with E-state index in [0.29, 0.717) is 5.41 Å². The molecule has 0 saturated carbocycles. The Morgan fingerprint density at radius 3 is 2.42 bits per heavy atom. The molecule has 1 unspecified atom stereocenters. The summed E-state index contributed by atoms with van der Waals surface area (Å²) in [7, 11) is 0. The first-order chi connectivity index (χ1) is 9.20. The summed E-state index contributed by atoms with van der Waals surface area (Å²) in [5.74, 6) is -0.756. The van der Waals surface area contributed by atoms with Gasteiger partial charge in [-0.3, -0.25) is 9.69 Å². The lowest BCUT2D eigenvalue weighted by molar-refractivity contribution is -0.154. The van der Waals surface area contributed by atoms with E-state index >= 15 is 0 Å². The monoisotopic (exact) mass is 261 g/mol. The molecule has 0 aliphatic carbocycles. The van der Waals surface area contributed by atoms with Crippen LogP contribution in [0.1, 0.15) is 24.4 Å². The van der Waals surface area contributed by atoms with Crippen LogP contribution in [0, 0.1) is 5.41 Å². The Hall–Kier alpha value is -1.39. The highest BCUT2D eigenvalue weighted by Crippen LogP contribution is 2.43. The van der Waals surface area contributed by atoms with Crippen LogP contribution in [0.4, 0.5) is 0 Å². The zero-order chi connectivity index (χ0) is 13.3. The maximum atomic E-state index is 11.5. The number of hydrogen-bond acceptors (Lipinski definition) is 3. The van der Waals surface area contributed by atoms with Crippen molar-refractivity contribution in [3.63, 3.8) is 0 Å². The van der Waals surface area contributed by atoms with Gasteiger partial charge in [0.05, 0.1) is 0 Å². The Labute approximate surface area is 113 Å². The summed E-state index contributed by atoms with van der Waals surface area (Å²) in [5.41, 5.74) is 1.18. The predicted octanol–water partition coefficient (Wildman–Crippen LogP) is 1.92. The largest absolute Gasteiger partial charge is 0.480 e. The lowest BCUT2D eigenvalue weighted by atomic mass is 9.72. The molecule has 19 heavy (non-hydrogen) atoms. The summed E-state index contributed by atoms with van der Waals surface area (Å²) in [6, 6.07) is 9.00. The molecule has 2 aliphatic rings. The third kappa shape index (κ3) is 2.38. The third-order valence-electron chi connectivity index (χ3n) is 4.34. The highest BCUT2D eigenvalue weighted by atomic mass is 16.5. The molecule has 4 heteroatoms. The zero-order valence-corrected chi connectivity index (χ0v) is 10.9. The van der Waals surface area contributed by atoms with Crippen molar-refractivity contribution in [3.05, 3.63) is 35.9 Å². The van der Waals surface area contributed by atoms with E-state index in [4.69, 9.17) is 4.74 Å². The molecule has 1 N–H and O–H groups in total. The minimum absolute atomic E-state index is 0.306. The second kappa shape index (κ2) is 4.94. The van der Waals surface area contributed by atoms with Gasteiger partial charge in [-0.05, 0) is 18.4 Å². The van der Waals surface area contributed by atoms with Gasteiger partial charge in [-0.2, -0.15) is 0 Å². The van der Waals surface area contributed by atoms with Crippen LogP contribution in [0.5, 0.6) is 0 Å². The molecule has 4 nitrogen and oxygen atoms in total. The van der Waals surface area contributed by atoms with Gasteiger partial charge in [-0.25, -0.2) is 0 Å². The zero-order valence-electron chi connectivity index (χ0n) is 10.9. The number of aliphatic carboxylic acids is 1. The molecule has 2 heterocycles. The topological polar surface area (TPSA) is 49.8 Å². The van der Waals surface area contributed by atoms with Crippen molar-refractivity contribution in [2.75, 3.05) is 26.3 Å². The predicted molar refractivity (Wildman–Crippen MR) is 70.9 cm³/mol. The van der Waals surface area contributed by atoms with Gasteiger partial charge in [0, 0.05) is 31.7 Å². The first-order valence-electron chi connectivity index (χ1n) is 6.80. The first-order valence-corrected chi connectivity index (χ1v) is 6.80. The fraction of sp³-hybridized carbons (Fsp3) is 0.533. The number of likely N-dealkylation sites (tertiary alicyclic amines) is 1. The minimum atomic E-state index is -0.756. The van der Waals surface area contributed by atoms with Crippen LogP contribution in [-0.2, 0) is 9.53 Å². The molecule has 1 spiro atoms. The average Bonchev–Trinajstić information content (AvgIpc) is 2.39. The number of ether oxygens (including phenoxy) is 1. The van der Waals surface area contributed by atoms with Crippen LogP contribution in [-0.4, -0.2) is 42.3 Å². The van der Waals surface area contributed by atoms with Gasteiger partial charge in [0.25, 0.3) is 0 Å². The second-order valence-corrected chi connectivity index (χ2v) is 5.67. The van der Waals surface area contributed by atoms with Crippen molar-refractivity contribution in [2.45, 2.75) is 18.9 Å². The molecule has 3 rings (SSSR count). The van der Waals surface area contributed by atoms with E-state index in [9.17, 15) is 9.90 Å². The summed E-state index contributed by atoms with van der Waals surface area (Å²) < 4.78 is 5.39. The molecule has 0 bridgehead atoms. The average molecular weight is 261 g/mol. The molecule has 2 saturated heterocycles. The first kappa shape index (κ1) is 12.6. The van der Waals surface area contributed by atoms with E-state index in [1.807, 2.05) is 30.3 Å². The minimum Gasteiger partial charge on any atom is -0.480 e. The summed E-state index contributed by atoms with van der Waals surface area (Å²) in [6.07, 6.45) is 2.12. The highest BCUT2D eigenvalue weighted by Gasteiger charge is 2.48. The van der Waals surface area contributed by atoms with Gasteiger partial charge < -0.3 is 9.84 Å². The van der Waals surface area contributed by atoms with Crippen LogP contribution in [0.2, 0.25) is 0 Å². The maximum absolute atomic E-state index is 11.5. The third-order valence-corrected chi connectivity index (χ3v) is 4.34. The molecule has 102 valence electrons. The molecule has 0 amide bonds. The van der Waals surface area contributed by atoms with Gasteiger partial charge >= 0.3 is 5.97 Å². The van der Waals surface area contributed by atoms with Crippen LogP contribution in [0.3, 0.4) is 0 Å². The maximum Gasteiger partial charge on any atom is 0.325 e. The van der Waals surface area contributed by atoms with Crippen LogP contribution in [0.25, 0.3) is 0 Å². The molecule has 1 aromatic carbocycles. The van der Waals surface area contributed by atoms with E-state index in [0.717, 1.165) is 44.7 Å². The Morgan fingerprint density at radius 1 is 1.21 bits per heavy atom. The quantitative estimate of drug-likeness (QED) is 0.903. The summed E-state index contributed by atoms with van der Waals surface area (Å²) in [5, 5.41) is 9.48. The molecule has 1 atom stereocenters. The van der Waals surface area contributed by atoms with Crippen LogP contribution in [0.15, 0.2) is 30.3 Å². The van der Waals surface area contributed by atoms with E-state index in [-0.39, 0.29) is 0 Å². The molecular weight excluding hydrogens is 242 g/mol. The Bertz CT molecular complexity index is 446. The van der Waals surface area contributed by atoms with Crippen molar-refractivity contribution in [3.8, 4) is 0 Å². The van der Waals surface area contributed by atoms with E-state index in [1.165, 1.54) is 0 Å². The van der Waals surface area contributed by atoms with Crippen molar-refractivity contribution in [1.82, 2.24) is 4.90 Å². The molecule has 2 aliphatic heterocycles. The highest BCUT2D eigenvalue weighted by molar-refractivity contribution is 5.75. The fourth-order valence-corrected chi connectivity index (χ4v) is 3.26. The van der Waals surface area contributed by atoms with E-state index in [1.54, 1.807) is 0 Å². The van der Waals surface area contributed by atoms with Gasteiger partial charge in [-0.15, -0.1) is 0 Å². The molecule has 0 aromatic heterocycles. The van der Waals surface area contributed by atoms with Gasteiger partial charge in [0.2, 0.25) is 0 Å². The number of hydrogen-bond donors (Lipinski definition) is 1. The van der Waals surface area contributed by atoms with Crippen molar-refractivity contribution in [1.29, 1.82) is 0 Å². The number of carbonyl (C=O) groups is 1. The molecular formula is C15H19NO3. The summed E-state index contributed by atoms with van der Waals surface area (Å²) >= 11 is 0. The number of nitrogens with zero attached hydrogens (tertiary/aromatic N) is 1. The normalized spacial score (nSPS) is 23.8. The molecule has 1 aromatic rings. The lowest BCUT2D eigenvalue weighted by Crippen LogP contribution is -2.60. The Kier molecular flexibility index (Phi) is 3.29. The van der Waals surface area contributed by atoms with E-state index in [2.05, 4.69) is 4.90 Å². The summed E-state index contributed by atoms with van der Waals surface area (Å²) in [6.45, 7) is 3.39. The lowest BCUT2D eigenvalue weighted by Gasteiger charge is -2.54. The SMILES string of the molecule is O=C(O)C(c1ccccc1)N1CC2(CCOCC2)C1.